The number of nitrogens with one attached hydrogen (secondary N) is 1. The van der Waals surface area contributed by atoms with E-state index in [1.54, 1.807) is 24.3 Å². The second-order valence-corrected chi connectivity index (χ2v) is 4.53. The summed E-state index contributed by atoms with van der Waals surface area (Å²) in [4.78, 5) is 24.9. The van der Waals surface area contributed by atoms with Crippen LogP contribution in [-0.4, -0.2) is 36.3 Å². The topological polar surface area (TPSA) is 73.2 Å². The molecule has 0 bridgehead atoms. The van der Waals surface area contributed by atoms with Crippen molar-refractivity contribution in [2.45, 2.75) is 6.42 Å². The molecule has 0 saturated carbocycles. The summed E-state index contributed by atoms with van der Waals surface area (Å²) < 4.78 is 0. The van der Waals surface area contributed by atoms with Crippen molar-refractivity contribution >= 4 is 17.9 Å². The molecule has 1 heterocycles. The average molecular weight is 269 g/mol. The normalized spacial score (nSPS) is 15.6. The van der Waals surface area contributed by atoms with Crippen LogP contribution in [0.15, 0.2) is 30.3 Å². The first-order valence-electron chi connectivity index (χ1n) is 6.43. The molecule has 0 radical (unpaired) electrons. The van der Waals surface area contributed by atoms with Crippen LogP contribution in [0.5, 0.6) is 0 Å². The number of benzene rings is 1. The summed E-state index contributed by atoms with van der Waals surface area (Å²) in [6.45, 7) is 1.28. The van der Waals surface area contributed by atoms with E-state index in [4.69, 9.17) is 5.26 Å². The Morgan fingerprint density at radius 3 is 3.10 bits per heavy atom. The third-order valence-electron chi connectivity index (χ3n) is 3.01. The molecule has 1 N–H and O–H groups in total. The minimum atomic E-state index is -0.190. The predicted octanol–water partition coefficient (Wildman–Crippen LogP) is 0.920. The molecule has 1 aliphatic heterocycles. The fraction of sp³-hybridized carbons (Fsp3) is 0.267. The number of carbonyl (C=O) groups is 2. The van der Waals surface area contributed by atoms with Gasteiger partial charge in [0, 0.05) is 19.2 Å². The van der Waals surface area contributed by atoms with Gasteiger partial charge < -0.3 is 10.2 Å². The number of nitrogens with zero attached hydrogens (tertiary/aromatic N) is 2. The van der Waals surface area contributed by atoms with E-state index in [9.17, 15) is 9.59 Å². The van der Waals surface area contributed by atoms with Crippen LogP contribution in [0.4, 0.5) is 0 Å². The Balaban J connectivity index is 2.04. The van der Waals surface area contributed by atoms with Gasteiger partial charge in [0.15, 0.2) is 0 Å². The first-order chi connectivity index (χ1) is 9.69. The van der Waals surface area contributed by atoms with Gasteiger partial charge >= 0.3 is 0 Å². The number of hydrogen-bond donors (Lipinski definition) is 1. The molecule has 0 spiro atoms. The molecule has 0 aliphatic carbocycles. The fourth-order valence-corrected chi connectivity index (χ4v) is 1.98. The summed E-state index contributed by atoms with van der Waals surface area (Å²) >= 11 is 0. The van der Waals surface area contributed by atoms with Gasteiger partial charge in [0.25, 0.3) is 0 Å². The Bertz CT molecular complexity index is 587. The number of rotatable bonds is 2. The largest absolute Gasteiger partial charge is 0.354 e. The average Bonchev–Trinajstić information content (AvgIpc) is 2.69. The van der Waals surface area contributed by atoms with Crippen LogP contribution in [0.25, 0.3) is 6.08 Å². The summed E-state index contributed by atoms with van der Waals surface area (Å²) in [7, 11) is 0. The maximum absolute atomic E-state index is 12.0. The van der Waals surface area contributed by atoms with Crippen LogP contribution in [-0.2, 0) is 9.59 Å². The van der Waals surface area contributed by atoms with E-state index in [1.807, 2.05) is 6.07 Å². The highest BCUT2D eigenvalue weighted by molar-refractivity contribution is 5.94. The molecular weight excluding hydrogens is 254 g/mol. The Labute approximate surface area is 117 Å². The molecule has 5 nitrogen and oxygen atoms in total. The summed E-state index contributed by atoms with van der Waals surface area (Å²) in [5.74, 6) is -0.319. The molecule has 0 unspecified atom stereocenters. The van der Waals surface area contributed by atoms with Gasteiger partial charge in [0.05, 0.1) is 18.2 Å². The first-order valence-corrected chi connectivity index (χ1v) is 6.43. The smallest absolute Gasteiger partial charge is 0.247 e. The third kappa shape index (κ3) is 3.69. The molecular formula is C15H15N3O2. The Hall–Kier alpha value is -2.61. The molecule has 0 atom stereocenters. The summed E-state index contributed by atoms with van der Waals surface area (Å²) in [6.07, 6.45) is 3.86. The number of amides is 2. The molecule has 1 aliphatic rings. The second-order valence-electron chi connectivity index (χ2n) is 4.53. The predicted molar refractivity (Wildman–Crippen MR) is 74.4 cm³/mol. The van der Waals surface area contributed by atoms with Crippen molar-refractivity contribution in [1.82, 2.24) is 10.2 Å². The highest BCUT2D eigenvalue weighted by Gasteiger charge is 2.17. The Morgan fingerprint density at radius 1 is 1.45 bits per heavy atom. The summed E-state index contributed by atoms with van der Waals surface area (Å²) in [5, 5.41) is 11.5. The van der Waals surface area contributed by atoms with Gasteiger partial charge in [-0.15, -0.1) is 0 Å². The van der Waals surface area contributed by atoms with Crippen molar-refractivity contribution in [3.8, 4) is 6.07 Å². The van der Waals surface area contributed by atoms with Crippen LogP contribution in [0.2, 0.25) is 0 Å². The lowest BCUT2D eigenvalue weighted by Crippen LogP contribution is -2.36. The van der Waals surface area contributed by atoms with Crippen molar-refractivity contribution in [2.24, 2.45) is 0 Å². The Morgan fingerprint density at radius 2 is 2.30 bits per heavy atom. The molecule has 20 heavy (non-hydrogen) atoms. The minimum absolute atomic E-state index is 0.0986. The molecule has 2 amide bonds. The highest BCUT2D eigenvalue weighted by atomic mass is 16.2. The quantitative estimate of drug-likeness (QED) is 0.811. The van der Waals surface area contributed by atoms with Crippen LogP contribution in [0, 0.1) is 11.3 Å². The Kier molecular flexibility index (Phi) is 4.51. The van der Waals surface area contributed by atoms with Crippen molar-refractivity contribution in [1.29, 1.82) is 5.26 Å². The van der Waals surface area contributed by atoms with Crippen LogP contribution < -0.4 is 5.32 Å². The monoisotopic (exact) mass is 269 g/mol. The molecule has 2 rings (SSSR count). The fourth-order valence-electron chi connectivity index (χ4n) is 1.98. The number of nitriles is 1. The zero-order chi connectivity index (χ0) is 14.4. The molecule has 1 aromatic carbocycles. The van der Waals surface area contributed by atoms with Crippen LogP contribution in [0.1, 0.15) is 17.5 Å². The lowest BCUT2D eigenvalue weighted by atomic mass is 10.1. The SMILES string of the molecule is N#Cc1cccc(C=CC(=O)N2CCCNC(=O)C2)c1. The first kappa shape index (κ1) is 13.8. The van der Waals surface area contributed by atoms with Gasteiger partial charge in [0.2, 0.25) is 11.8 Å². The zero-order valence-electron chi connectivity index (χ0n) is 11.0. The van der Waals surface area contributed by atoms with E-state index >= 15 is 0 Å². The lowest BCUT2D eigenvalue weighted by Gasteiger charge is -2.16. The van der Waals surface area contributed by atoms with Gasteiger partial charge in [-0.25, -0.2) is 0 Å². The van der Waals surface area contributed by atoms with E-state index in [1.165, 1.54) is 11.0 Å². The van der Waals surface area contributed by atoms with E-state index in [0.717, 1.165) is 12.0 Å². The van der Waals surface area contributed by atoms with Gasteiger partial charge in [-0.1, -0.05) is 12.1 Å². The maximum Gasteiger partial charge on any atom is 0.247 e. The standard InChI is InChI=1S/C15H15N3O2/c16-10-13-4-1-3-12(9-13)5-6-15(20)18-8-2-7-17-14(19)11-18/h1,3-6,9H,2,7-8,11H2,(H,17,19). The number of carbonyl (C=O) groups excluding carboxylic acids is 2. The van der Waals surface area contributed by atoms with Gasteiger partial charge in [-0.3, -0.25) is 9.59 Å². The zero-order valence-corrected chi connectivity index (χ0v) is 11.0. The van der Waals surface area contributed by atoms with Crippen LogP contribution in [0.3, 0.4) is 0 Å². The second kappa shape index (κ2) is 6.53. The molecule has 1 fully saturated rings. The van der Waals surface area contributed by atoms with E-state index in [-0.39, 0.29) is 18.4 Å². The van der Waals surface area contributed by atoms with Gasteiger partial charge in [0.1, 0.15) is 0 Å². The number of hydrogen-bond acceptors (Lipinski definition) is 3. The summed E-state index contributed by atoms with van der Waals surface area (Å²) in [6, 6.07) is 9.05. The third-order valence-corrected chi connectivity index (χ3v) is 3.01. The molecule has 5 heteroatoms. The molecule has 0 aromatic heterocycles. The molecule has 1 saturated heterocycles. The molecule has 1 aromatic rings. The van der Waals surface area contributed by atoms with Gasteiger partial charge in [-0.2, -0.15) is 5.26 Å². The minimum Gasteiger partial charge on any atom is -0.354 e. The van der Waals surface area contributed by atoms with Crippen molar-refractivity contribution in [3.05, 3.63) is 41.5 Å². The van der Waals surface area contributed by atoms with E-state index < -0.39 is 0 Å². The van der Waals surface area contributed by atoms with E-state index in [2.05, 4.69) is 11.4 Å². The molecule has 102 valence electrons. The van der Waals surface area contributed by atoms with Gasteiger partial charge in [-0.05, 0) is 30.2 Å². The van der Waals surface area contributed by atoms with Crippen molar-refractivity contribution in [3.63, 3.8) is 0 Å². The van der Waals surface area contributed by atoms with E-state index in [0.29, 0.717) is 18.7 Å². The lowest BCUT2D eigenvalue weighted by molar-refractivity contribution is -0.131. The highest BCUT2D eigenvalue weighted by Crippen LogP contribution is 2.07. The van der Waals surface area contributed by atoms with Crippen molar-refractivity contribution < 1.29 is 9.59 Å². The van der Waals surface area contributed by atoms with Crippen LogP contribution >= 0.6 is 0 Å². The maximum atomic E-state index is 12.0. The summed E-state index contributed by atoms with van der Waals surface area (Å²) in [5.41, 5.74) is 1.34. The van der Waals surface area contributed by atoms with Crippen molar-refractivity contribution in [2.75, 3.05) is 19.6 Å².